The van der Waals surface area contributed by atoms with Crippen molar-refractivity contribution in [1.29, 1.82) is 0 Å². The summed E-state index contributed by atoms with van der Waals surface area (Å²) in [6.07, 6.45) is 2.44. The average Bonchev–Trinajstić information content (AvgIpc) is 3.23. The van der Waals surface area contributed by atoms with E-state index >= 15 is 0 Å². The third-order valence-corrected chi connectivity index (χ3v) is 3.89. The molecule has 1 heterocycles. The molecule has 0 saturated carbocycles. The Hall–Kier alpha value is -2.43. The third-order valence-electron chi connectivity index (χ3n) is 3.89. The molecule has 1 aromatic carbocycles. The predicted octanol–water partition coefficient (Wildman–Crippen LogP) is 2.33. The maximum Gasteiger partial charge on any atom is 0.257 e. The minimum absolute atomic E-state index is 0. The van der Waals surface area contributed by atoms with Gasteiger partial charge in [0, 0.05) is 33.1 Å². The van der Waals surface area contributed by atoms with Gasteiger partial charge in [-0.2, -0.15) is 0 Å². The fourth-order valence-corrected chi connectivity index (χ4v) is 2.50. The summed E-state index contributed by atoms with van der Waals surface area (Å²) in [5.74, 6) is 2.56. The van der Waals surface area contributed by atoms with E-state index in [9.17, 15) is 4.79 Å². The fraction of sp³-hybridized carbons (Fsp3) is 0.400. The standard InChI is InChI=1S/C20H28N4O4.HI/c1-4-22-19(25)14-28-17-8-7-15(12-18(17)26-3)13-24-20(21-2)23-10-9-16-6-5-11-27-16;/h5-8,11-12H,4,9-10,13-14H2,1-3H3,(H,22,25)(H2,21,23,24);1H. The van der Waals surface area contributed by atoms with Crippen LogP contribution in [0, 0.1) is 0 Å². The van der Waals surface area contributed by atoms with Gasteiger partial charge in [-0.1, -0.05) is 6.07 Å². The number of halogens is 1. The molecular formula is C20H29IN4O4. The van der Waals surface area contributed by atoms with Gasteiger partial charge in [0.15, 0.2) is 24.1 Å². The average molecular weight is 516 g/mol. The molecule has 1 amide bonds. The van der Waals surface area contributed by atoms with Crippen LogP contribution in [0.2, 0.25) is 0 Å². The van der Waals surface area contributed by atoms with Crippen molar-refractivity contribution in [3.05, 3.63) is 47.9 Å². The molecule has 8 nitrogen and oxygen atoms in total. The highest BCUT2D eigenvalue weighted by Gasteiger charge is 2.09. The Kier molecular flexibility index (Phi) is 11.6. The Bertz CT molecular complexity index is 766. The monoisotopic (exact) mass is 516 g/mol. The van der Waals surface area contributed by atoms with E-state index in [1.807, 2.05) is 31.2 Å². The number of rotatable bonds is 10. The van der Waals surface area contributed by atoms with E-state index in [-0.39, 0.29) is 36.5 Å². The van der Waals surface area contributed by atoms with Gasteiger partial charge in [0.05, 0.1) is 13.4 Å². The lowest BCUT2D eigenvalue weighted by Gasteiger charge is -2.14. The molecule has 2 rings (SSSR count). The number of likely N-dealkylation sites (N-methyl/N-ethyl adjacent to an activating group) is 1. The Morgan fingerprint density at radius 1 is 1.17 bits per heavy atom. The van der Waals surface area contributed by atoms with Crippen molar-refractivity contribution in [2.75, 3.05) is 33.9 Å². The summed E-state index contributed by atoms with van der Waals surface area (Å²) >= 11 is 0. The normalized spacial score (nSPS) is 10.7. The summed E-state index contributed by atoms with van der Waals surface area (Å²) in [5, 5.41) is 9.18. The number of guanidine groups is 1. The van der Waals surface area contributed by atoms with Crippen LogP contribution in [0.25, 0.3) is 0 Å². The van der Waals surface area contributed by atoms with Crippen molar-refractivity contribution >= 4 is 35.8 Å². The van der Waals surface area contributed by atoms with Crippen molar-refractivity contribution < 1.29 is 18.7 Å². The van der Waals surface area contributed by atoms with E-state index in [1.54, 1.807) is 26.5 Å². The zero-order chi connectivity index (χ0) is 20.2. The van der Waals surface area contributed by atoms with E-state index in [0.29, 0.717) is 37.1 Å². The van der Waals surface area contributed by atoms with Crippen molar-refractivity contribution in [1.82, 2.24) is 16.0 Å². The van der Waals surface area contributed by atoms with Gasteiger partial charge in [-0.3, -0.25) is 9.79 Å². The lowest BCUT2D eigenvalue weighted by Crippen LogP contribution is -2.37. The van der Waals surface area contributed by atoms with Crippen molar-refractivity contribution in [3.63, 3.8) is 0 Å². The fourth-order valence-electron chi connectivity index (χ4n) is 2.50. The number of hydrogen-bond donors (Lipinski definition) is 3. The van der Waals surface area contributed by atoms with Crippen molar-refractivity contribution in [2.24, 2.45) is 4.99 Å². The van der Waals surface area contributed by atoms with Crippen molar-refractivity contribution in [3.8, 4) is 11.5 Å². The number of ether oxygens (including phenoxy) is 2. The Labute approximate surface area is 188 Å². The number of nitrogens with zero attached hydrogens (tertiary/aromatic N) is 1. The first-order chi connectivity index (χ1) is 13.7. The van der Waals surface area contributed by atoms with Gasteiger partial charge in [0.1, 0.15) is 5.76 Å². The molecule has 0 atom stereocenters. The van der Waals surface area contributed by atoms with E-state index < -0.39 is 0 Å². The molecule has 3 N–H and O–H groups in total. The maximum absolute atomic E-state index is 11.5. The smallest absolute Gasteiger partial charge is 0.257 e. The van der Waals surface area contributed by atoms with Crippen LogP contribution in [-0.2, 0) is 17.8 Å². The van der Waals surface area contributed by atoms with Crippen LogP contribution in [0.5, 0.6) is 11.5 Å². The first-order valence-electron chi connectivity index (χ1n) is 9.19. The number of methoxy groups -OCH3 is 1. The predicted molar refractivity (Wildman–Crippen MR) is 123 cm³/mol. The number of carbonyl (C=O) groups excluding carboxylic acids is 1. The second-order valence-corrected chi connectivity index (χ2v) is 5.91. The number of furan rings is 1. The van der Waals surface area contributed by atoms with Gasteiger partial charge < -0.3 is 29.8 Å². The number of nitrogens with one attached hydrogen (secondary N) is 3. The van der Waals surface area contributed by atoms with Gasteiger partial charge in [-0.25, -0.2) is 0 Å². The van der Waals surface area contributed by atoms with Crippen LogP contribution in [0.1, 0.15) is 18.2 Å². The number of benzene rings is 1. The molecule has 0 unspecified atom stereocenters. The molecule has 29 heavy (non-hydrogen) atoms. The SMILES string of the molecule is CCNC(=O)COc1ccc(CNC(=NC)NCCc2ccco2)cc1OC.I. The number of hydrogen-bond acceptors (Lipinski definition) is 5. The first-order valence-corrected chi connectivity index (χ1v) is 9.19. The quantitative estimate of drug-likeness (QED) is 0.255. The Morgan fingerprint density at radius 2 is 2.00 bits per heavy atom. The van der Waals surface area contributed by atoms with E-state index in [0.717, 1.165) is 17.7 Å². The molecule has 0 bridgehead atoms. The van der Waals surface area contributed by atoms with Crippen LogP contribution >= 0.6 is 24.0 Å². The molecule has 160 valence electrons. The topological polar surface area (TPSA) is 97.1 Å². The highest BCUT2D eigenvalue weighted by Crippen LogP contribution is 2.28. The minimum Gasteiger partial charge on any atom is -0.493 e. The van der Waals surface area contributed by atoms with Gasteiger partial charge >= 0.3 is 0 Å². The molecule has 2 aromatic rings. The first kappa shape index (κ1) is 24.6. The number of amides is 1. The van der Waals surface area contributed by atoms with Crippen LogP contribution in [0.15, 0.2) is 46.0 Å². The van der Waals surface area contributed by atoms with E-state index in [1.165, 1.54) is 0 Å². The molecule has 0 aliphatic carbocycles. The van der Waals surface area contributed by atoms with Gasteiger partial charge in [-0.05, 0) is 36.8 Å². The highest BCUT2D eigenvalue weighted by atomic mass is 127. The molecule has 0 aliphatic heterocycles. The summed E-state index contributed by atoms with van der Waals surface area (Å²) in [5.41, 5.74) is 0.996. The second-order valence-electron chi connectivity index (χ2n) is 5.91. The Morgan fingerprint density at radius 3 is 2.66 bits per heavy atom. The third kappa shape index (κ3) is 8.63. The minimum atomic E-state index is -0.167. The van der Waals surface area contributed by atoms with Crippen LogP contribution in [-0.4, -0.2) is 45.7 Å². The largest absolute Gasteiger partial charge is 0.493 e. The van der Waals surface area contributed by atoms with Crippen molar-refractivity contribution in [2.45, 2.75) is 19.9 Å². The molecular weight excluding hydrogens is 487 g/mol. The van der Waals surface area contributed by atoms with Gasteiger partial charge in [0.2, 0.25) is 0 Å². The summed E-state index contributed by atoms with van der Waals surface area (Å²) in [6.45, 7) is 3.66. The molecule has 9 heteroatoms. The summed E-state index contributed by atoms with van der Waals surface area (Å²) < 4.78 is 16.2. The van der Waals surface area contributed by atoms with Gasteiger partial charge in [-0.15, -0.1) is 24.0 Å². The van der Waals surface area contributed by atoms with Crippen LogP contribution in [0.3, 0.4) is 0 Å². The highest BCUT2D eigenvalue weighted by molar-refractivity contribution is 14.0. The number of aliphatic imine (C=N–C) groups is 1. The summed E-state index contributed by atoms with van der Waals surface area (Å²) in [6, 6.07) is 9.40. The van der Waals surface area contributed by atoms with Crippen LogP contribution < -0.4 is 25.4 Å². The lowest BCUT2D eigenvalue weighted by atomic mass is 10.2. The zero-order valence-corrected chi connectivity index (χ0v) is 19.3. The number of carbonyl (C=O) groups is 1. The lowest BCUT2D eigenvalue weighted by molar-refractivity contribution is -0.123. The Balaban J connectivity index is 0.00000420. The van der Waals surface area contributed by atoms with Crippen LogP contribution in [0.4, 0.5) is 0 Å². The van der Waals surface area contributed by atoms with E-state index in [4.69, 9.17) is 13.9 Å². The van der Waals surface area contributed by atoms with E-state index in [2.05, 4.69) is 20.9 Å². The molecule has 1 aromatic heterocycles. The summed E-state index contributed by atoms with van der Waals surface area (Å²) in [7, 11) is 3.29. The molecule has 0 radical (unpaired) electrons. The molecule has 0 fully saturated rings. The second kappa shape index (κ2) is 13.7. The zero-order valence-electron chi connectivity index (χ0n) is 17.0. The molecule has 0 aliphatic rings. The van der Waals surface area contributed by atoms with Gasteiger partial charge in [0.25, 0.3) is 5.91 Å². The molecule has 0 spiro atoms. The summed E-state index contributed by atoms with van der Waals surface area (Å²) in [4.78, 5) is 15.8. The molecule has 0 saturated heterocycles. The maximum atomic E-state index is 11.5.